The molecule has 0 bridgehead atoms. The van der Waals surface area contributed by atoms with Gasteiger partial charge in [-0.15, -0.1) is 0 Å². The van der Waals surface area contributed by atoms with Gasteiger partial charge in [0.1, 0.15) is 0 Å². The highest BCUT2D eigenvalue weighted by molar-refractivity contribution is 4.92. The van der Waals surface area contributed by atoms with Gasteiger partial charge in [-0.3, -0.25) is 0 Å². The Kier molecular flexibility index (Phi) is 7.23. The van der Waals surface area contributed by atoms with E-state index >= 15 is 0 Å². The van der Waals surface area contributed by atoms with Gasteiger partial charge in [-0.2, -0.15) is 5.26 Å². The number of nitrogens with one attached hydrogen (secondary N) is 1. The molecule has 1 saturated carbocycles. The molecule has 1 unspecified atom stereocenters. The standard InChI is InChI=1S/C14H27N3/c1-3-5-10-17(14-6-7-14)11-8-13(12-15)16-9-4-2/h13-14,16H,3-11H2,1-2H3. The van der Waals surface area contributed by atoms with Crippen LogP contribution in [0.4, 0.5) is 0 Å². The van der Waals surface area contributed by atoms with E-state index in [0.29, 0.717) is 0 Å². The molecular formula is C14H27N3. The Labute approximate surface area is 106 Å². The van der Waals surface area contributed by atoms with Gasteiger partial charge < -0.3 is 10.2 Å². The van der Waals surface area contributed by atoms with Gasteiger partial charge in [0.05, 0.1) is 12.1 Å². The summed E-state index contributed by atoms with van der Waals surface area (Å²) in [5.41, 5.74) is 0. The molecule has 0 aliphatic heterocycles. The third-order valence-electron chi connectivity index (χ3n) is 3.36. The Morgan fingerprint density at radius 3 is 2.59 bits per heavy atom. The maximum atomic E-state index is 9.06. The van der Waals surface area contributed by atoms with Crippen molar-refractivity contribution in [2.24, 2.45) is 0 Å². The summed E-state index contributed by atoms with van der Waals surface area (Å²) in [6.45, 7) is 7.63. The van der Waals surface area contributed by atoms with Gasteiger partial charge in [0, 0.05) is 12.6 Å². The molecule has 1 fully saturated rings. The predicted molar refractivity (Wildman–Crippen MR) is 71.8 cm³/mol. The zero-order valence-electron chi connectivity index (χ0n) is 11.4. The van der Waals surface area contributed by atoms with Crippen LogP contribution in [0.25, 0.3) is 0 Å². The molecule has 0 heterocycles. The molecule has 17 heavy (non-hydrogen) atoms. The Balaban J connectivity index is 2.21. The normalized spacial score (nSPS) is 17.1. The fourth-order valence-corrected chi connectivity index (χ4v) is 2.10. The molecule has 3 heteroatoms. The van der Waals surface area contributed by atoms with Gasteiger partial charge in [-0.25, -0.2) is 0 Å². The molecule has 0 aromatic carbocycles. The molecule has 0 saturated heterocycles. The van der Waals surface area contributed by atoms with Crippen molar-refractivity contribution in [3.63, 3.8) is 0 Å². The minimum Gasteiger partial charge on any atom is -0.302 e. The van der Waals surface area contributed by atoms with E-state index in [2.05, 4.69) is 30.1 Å². The molecule has 1 atom stereocenters. The summed E-state index contributed by atoms with van der Waals surface area (Å²) in [7, 11) is 0. The van der Waals surface area contributed by atoms with E-state index in [0.717, 1.165) is 32.0 Å². The van der Waals surface area contributed by atoms with Gasteiger partial charge in [0.15, 0.2) is 0 Å². The largest absolute Gasteiger partial charge is 0.302 e. The first-order chi connectivity index (χ1) is 8.31. The molecule has 0 spiro atoms. The van der Waals surface area contributed by atoms with Gasteiger partial charge in [-0.1, -0.05) is 20.3 Å². The molecule has 0 aromatic heterocycles. The third kappa shape index (κ3) is 6.05. The average Bonchev–Trinajstić information content (AvgIpc) is 3.17. The van der Waals surface area contributed by atoms with Crippen LogP contribution in [0.5, 0.6) is 0 Å². The highest BCUT2D eigenvalue weighted by Crippen LogP contribution is 2.27. The molecule has 1 aliphatic rings. The van der Waals surface area contributed by atoms with Crippen molar-refractivity contribution in [2.45, 2.75) is 64.5 Å². The second kappa shape index (κ2) is 8.49. The molecule has 98 valence electrons. The second-order valence-corrected chi connectivity index (χ2v) is 5.05. The summed E-state index contributed by atoms with van der Waals surface area (Å²) in [6.07, 6.45) is 7.35. The van der Waals surface area contributed by atoms with E-state index in [1.54, 1.807) is 0 Å². The highest BCUT2D eigenvalue weighted by atomic mass is 15.2. The molecule has 0 amide bonds. The smallest absolute Gasteiger partial charge is 0.0965 e. The number of rotatable bonds is 10. The van der Waals surface area contributed by atoms with Crippen molar-refractivity contribution in [1.82, 2.24) is 10.2 Å². The first kappa shape index (κ1) is 14.5. The molecule has 3 nitrogen and oxygen atoms in total. The molecule has 1 rings (SSSR count). The Morgan fingerprint density at radius 1 is 1.29 bits per heavy atom. The van der Waals surface area contributed by atoms with Crippen LogP contribution < -0.4 is 5.32 Å². The Morgan fingerprint density at radius 2 is 2.06 bits per heavy atom. The van der Waals surface area contributed by atoms with E-state index < -0.39 is 0 Å². The van der Waals surface area contributed by atoms with Crippen LogP contribution in [0, 0.1) is 11.3 Å². The molecular weight excluding hydrogens is 210 g/mol. The van der Waals surface area contributed by atoms with Crippen LogP contribution in [0.3, 0.4) is 0 Å². The van der Waals surface area contributed by atoms with E-state index in [-0.39, 0.29) is 6.04 Å². The topological polar surface area (TPSA) is 39.1 Å². The summed E-state index contributed by atoms with van der Waals surface area (Å²) in [5, 5.41) is 12.4. The zero-order valence-corrected chi connectivity index (χ0v) is 11.4. The minimum atomic E-state index is 0.0397. The highest BCUT2D eigenvalue weighted by Gasteiger charge is 2.28. The molecule has 1 N–H and O–H groups in total. The number of hydrogen-bond donors (Lipinski definition) is 1. The maximum Gasteiger partial charge on any atom is 0.0965 e. The monoisotopic (exact) mass is 237 g/mol. The minimum absolute atomic E-state index is 0.0397. The van der Waals surface area contributed by atoms with Crippen LogP contribution >= 0.6 is 0 Å². The van der Waals surface area contributed by atoms with Crippen molar-refractivity contribution in [2.75, 3.05) is 19.6 Å². The Bertz CT molecular complexity index is 230. The van der Waals surface area contributed by atoms with Crippen molar-refractivity contribution < 1.29 is 0 Å². The van der Waals surface area contributed by atoms with Crippen molar-refractivity contribution in [3.05, 3.63) is 0 Å². The molecule has 0 aromatic rings. The van der Waals surface area contributed by atoms with Crippen LogP contribution in [-0.2, 0) is 0 Å². The quantitative estimate of drug-likeness (QED) is 0.634. The predicted octanol–water partition coefficient (Wildman–Crippen LogP) is 2.53. The number of nitrogens with zero attached hydrogens (tertiary/aromatic N) is 2. The second-order valence-electron chi connectivity index (χ2n) is 5.05. The van der Waals surface area contributed by atoms with Gasteiger partial charge >= 0.3 is 0 Å². The van der Waals surface area contributed by atoms with Gasteiger partial charge in [0.2, 0.25) is 0 Å². The van der Waals surface area contributed by atoms with Crippen LogP contribution in [0.2, 0.25) is 0 Å². The number of nitriles is 1. The van der Waals surface area contributed by atoms with Crippen molar-refractivity contribution in [3.8, 4) is 6.07 Å². The lowest BCUT2D eigenvalue weighted by atomic mass is 10.2. The van der Waals surface area contributed by atoms with Crippen molar-refractivity contribution in [1.29, 1.82) is 5.26 Å². The first-order valence-electron chi connectivity index (χ1n) is 7.18. The maximum absolute atomic E-state index is 9.06. The summed E-state index contributed by atoms with van der Waals surface area (Å²) in [6, 6.07) is 3.24. The lowest BCUT2D eigenvalue weighted by molar-refractivity contribution is 0.249. The molecule has 0 radical (unpaired) electrons. The van der Waals surface area contributed by atoms with Crippen LogP contribution in [0.15, 0.2) is 0 Å². The summed E-state index contributed by atoms with van der Waals surface area (Å²) >= 11 is 0. The van der Waals surface area contributed by atoms with Crippen LogP contribution in [-0.4, -0.2) is 36.6 Å². The average molecular weight is 237 g/mol. The van der Waals surface area contributed by atoms with E-state index in [1.165, 1.54) is 32.2 Å². The Hall–Kier alpha value is -0.590. The van der Waals surface area contributed by atoms with Crippen molar-refractivity contribution >= 4 is 0 Å². The van der Waals surface area contributed by atoms with Crippen LogP contribution in [0.1, 0.15) is 52.4 Å². The summed E-state index contributed by atoms with van der Waals surface area (Å²) in [5.74, 6) is 0. The fourth-order valence-electron chi connectivity index (χ4n) is 2.10. The van der Waals surface area contributed by atoms with E-state index in [4.69, 9.17) is 5.26 Å². The third-order valence-corrected chi connectivity index (χ3v) is 3.36. The van der Waals surface area contributed by atoms with Gasteiger partial charge in [0.25, 0.3) is 0 Å². The lowest BCUT2D eigenvalue weighted by Crippen LogP contribution is -2.35. The SMILES string of the molecule is CCCCN(CCC(C#N)NCCC)C1CC1. The van der Waals surface area contributed by atoms with Gasteiger partial charge in [-0.05, 0) is 45.2 Å². The number of hydrogen-bond acceptors (Lipinski definition) is 3. The number of unbranched alkanes of at least 4 members (excludes halogenated alkanes) is 1. The first-order valence-corrected chi connectivity index (χ1v) is 7.18. The fraction of sp³-hybridized carbons (Fsp3) is 0.929. The summed E-state index contributed by atoms with van der Waals surface area (Å²) < 4.78 is 0. The van der Waals surface area contributed by atoms with E-state index in [1.807, 2.05) is 0 Å². The lowest BCUT2D eigenvalue weighted by Gasteiger charge is -2.23. The van der Waals surface area contributed by atoms with E-state index in [9.17, 15) is 0 Å². The summed E-state index contributed by atoms with van der Waals surface area (Å²) in [4.78, 5) is 2.58. The zero-order chi connectivity index (χ0) is 12.5. The molecule has 1 aliphatic carbocycles.